The molecule has 0 bridgehead atoms. The predicted molar refractivity (Wildman–Crippen MR) is 117 cm³/mol. The maximum atomic E-state index is 12.7. The lowest BCUT2D eigenvalue weighted by Crippen LogP contribution is -2.49. The van der Waals surface area contributed by atoms with E-state index in [-0.39, 0.29) is 5.91 Å². The summed E-state index contributed by atoms with van der Waals surface area (Å²) in [5.74, 6) is 1.87. The zero-order valence-corrected chi connectivity index (χ0v) is 16.8. The molecular formula is C25H26N2O2. The Balaban J connectivity index is 1.39. The molecule has 1 fully saturated rings. The van der Waals surface area contributed by atoms with E-state index in [4.69, 9.17) is 4.74 Å². The zero-order chi connectivity index (χ0) is 20.1. The molecule has 0 spiro atoms. The van der Waals surface area contributed by atoms with Gasteiger partial charge in [0.05, 0.1) is 12.1 Å². The van der Waals surface area contributed by atoms with Gasteiger partial charge in [-0.3, -0.25) is 4.79 Å². The van der Waals surface area contributed by atoms with Crippen LogP contribution < -0.4 is 9.64 Å². The highest BCUT2D eigenvalue weighted by Crippen LogP contribution is 2.32. The van der Waals surface area contributed by atoms with Gasteiger partial charge in [0.1, 0.15) is 5.75 Å². The number of hydrogen-bond acceptors (Lipinski definition) is 3. The first kappa shape index (κ1) is 19.1. The number of ether oxygens (including phenoxy) is 1. The number of aryl methyl sites for hydroxylation is 1. The second-order valence-electron chi connectivity index (χ2n) is 7.42. The second-order valence-corrected chi connectivity index (χ2v) is 7.42. The van der Waals surface area contributed by atoms with E-state index in [2.05, 4.69) is 30.0 Å². The van der Waals surface area contributed by atoms with Gasteiger partial charge in [-0.2, -0.15) is 0 Å². The first-order chi connectivity index (χ1) is 14.2. The number of piperazine rings is 1. The molecule has 0 saturated carbocycles. The van der Waals surface area contributed by atoms with Crippen molar-refractivity contribution in [2.45, 2.75) is 13.3 Å². The normalized spacial score (nSPS) is 14.0. The van der Waals surface area contributed by atoms with E-state index in [9.17, 15) is 4.79 Å². The highest BCUT2D eigenvalue weighted by Gasteiger charge is 2.23. The quantitative estimate of drug-likeness (QED) is 0.638. The van der Waals surface area contributed by atoms with E-state index in [1.54, 1.807) is 0 Å². The predicted octanol–water partition coefficient (Wildman–Crippen LogP) is 4.68. The molecule has 1 aliphatic rings. The molecule has 0 N–H and O–H groups in total. The molecule has 4 heteroatoms. The number of benzene rings is 3. The summed E-state index contributed by atoms with van der Waals surface area (Å²) >= 11 is 0. The lowest BCUT2D eigenvalue weighted by atomic mass is 10.1. The fraction of sp³-hybridized carbons (Fsp3) is 0.240. The van der Waals surface area contributed by atoms with Crippen molar-refractivity contribution in [1.29, 1.82) is 0 Å². The van der Waals surface area contributed by atoms with Crippen molar-refractivity contribution < 1.29 is 9.53 Å². The molecule has 0 radical (unpaired) electrons. The van der Waals surface area contributed by atoms with E-state index < -0.39 is 0 Å². The Bertz CT molecular complexity index is 963. The molecule has 148 valence electrons. The van der Waals surface area contributed by atoms with Crippen LogP contribution in [0.25, 0.3) is 0 Å². The van der Waals surface area contributed by atoms with Gasteiger partial charge in [-0.1, -0.05) is 60.2 Å². The van der Waals surface area contributed by atoms with E-state index in [0.717, 1.165) is 48.9 Å². The van der Waals surface area contributed by atoms with Crippen LogP contribution in [0.3, 0.4) is 0 Å². The first-order valence-electron chi connectivity index (χ1n) is 10.1. The summed E-state index contributed by atoms with van der Waals surface area (Å²) in [5.41, 5.74) is 3.34. The van der Waals surface area contributed by atoms with Crippen LogP contribution in [0.15, 0.2) is 78.9 Å². The van der Waals surface area contributed by atoms with Gasteiger partial charge in [0, 0.05) is 26.2 Å². The Morgan fingerprint density at radius 2 is 1.59 bits per heavy atom. The number of carbonyl (C=O) groups excluding carboxylic acids is 1. The molecule has 1 saturated heterocycles. The third-order valence-electron chi connectivity index (χ3n) is 5.25. The van der Waals surface area contributed by atoms with Crippen LogP contribution in [0.2, 0.25) is 0 Å². The number of para-hydroxylation sites is 3. The molecule has 0 aliphatic carbocycles. The van der Waals surface area contributed by atoms with Crippen molar-refractivity contribution in [3.05, 3.63) is 90.0 Å². The molecule has 4 rings (SSSR count). The third-order valence-corrected chi connectivity index (χ3v) is 5.25. The van der Waals surface area contributed by atoms with Gasteiger partial charge in [0.2, 0.25) is 5.91 Å². The summed E-state index contributed by atoms with van der Waals surface area (Å²) in [6.07, 6.45) is 0.468. The van der Waals surface area contributed by atoms with Crippen molar-refractivity contribution in [1.82, 2.24) is 4.90 Å². The SMILES string of the molecule is Cc1cccc(CC(=O)N2CCN(c3ccccc3Oc3ccccc3)CC2)c1. The number of anilines is 1. The van der Waals surface area contributed by atoms with Gasteiger partial charge >= 0.3 is 0 Å². The third kappa shape index (κ3) is 4.77. The Labute approximate surface area is 172 Å². The number of amides is 1. The van der Waals surface area contributed by atoms with Crippen LogP contribution in [0.4, 0.5) is 5.69 Å². The van der Waals surface area contributed by atoms with E-state index in [1.165, 1.54) is 5.56 Å². The number of carbonyl (C=O) groups is 1. The minimum atomic E-state index is 0.198. The molecule has 3 aromatic rings. The van der Waals surface area contributed by atoms with Crippen molar-refractivity contribution in [3.63, 3.8) is 0 Å². The van der Waals surface area contributed by atoms with Gasteiger partial charge in [-0.05, 0) is 36.8 Å². The number of hydrogen-bond donors (Lipinski definition) is 0. The van der Waals surface area contributed by atoms with Crippen LogP contribution in [-0.4, -0.2) is 37.0 Å². The summed E-state index contributed by atoms with van der Waals surface area (Å²) in [6.45, 7) is 5.11. The largest absolute Gasteiger partial charge is 0.455 e. The molecule has 1 heterocycles. The molecule has 4 nitrogen and oxygen atoms in total. The molecule has 3 aromatic carbocycles. The van der Waals surface area contributed by atoms with Crippen LogP contribution in [-0.2, 0) is 11.2 Å². The fourth-order valence-corrected chi connectivity index (χ4v) is 3.73. The van der Waals surface area contributed by atoms with Crippen LogP contribution in [0, 0.1) is 6.92 Å². The summed E-state index contributed by atoms with van der Waals surface area (Å²) in [7, 11) is 0. The first-order valence-corrected chi connectivity index (χ1v) is 10.1. The standard InChI is InChI=1S/C25H26N2O2/c1-20-8-7-9-21(18-20)19-25(28)27-16-14-26(15-17-27)23-12-5-6-13-24(23)29-22-10-3-2-4-11-22/h2-13,18H,14-17,19H2,1H3. The Hall–Kier alpha value is -3.27. The Morgan fingerprint density at radius 3 is 2.34 bits per heavy atom. The summed E-state index contributed by atoms with van der Waals surface area (Å²) in [5, 5.41) is 0. The second kappa shape index (κ2) is 8.82. The molecular weight excluding hydrogens is 360 g/mol. The Morgan fingerprint density at radius 1 is 0.862 bits per heavy atom. The van der Waals surface area contributed by atoms with Gasteiger partial charge in [0.15, 0.2) is 5.75 Å². The van der Waals surface area contributed by atoms with Gasteiger partial charge in [-0.15, -0.1) is 0 Å². The zero-order valence-electron chi connectivity index (χ0n) is 16.8. The van der Waals surface area contributed by atoms with E-state index >= 15 is 0 Å². The summed E-state index contributed by atoms with van der Waals surface area (Å²) in [6, 6.07) is 26.1. The topological polar surface area (TPSA) is 32.8 Å². The Kier molecular flexibility index (Phi) is 5.80. The van der Waals surface area contributed by atoms with Gasteiger partial charge in [0.25, 0.3) is 0 Å². The maximum Gasteiger partial charge on any atom is 0.227 e. The van der Waals surface area contributed by atoms with Crippen molar-refractivity contribution in [3.8, 4) is 11.5 Å². The molecule has 0 aromatic heterocycles. The minimum Gasteiger partial charge on any atom is -0.455 e. The summed E-state index contributed by atoms with van der Waals surface area (Å²) < 4.78 is 6.10. The summed E-state index contributed by atoms with van der Waals surface area (Å²) in [4.78, 5) is 17.0. The van der Waals surface area contributed by atoms with Crippen LogP contribution in [0.1, 0.15) is 11.1 Å². The van der Waals surface area contributed by atoms with Crippen molar-refractivity contribution in [2.75, 3.05) is 31.1 Å². The van der Waals surface area contributed by atoms with Crippen LogP contribution in [0.5, 0.6) is 11.5 Å². The molecule has 0 atom stereocenters. The van der Waals surface area contributed by atoms with Gasteiger partial charge < -0.3 is 14.5 Å². The number of nitrogens with zero attached hydrogens (tertiary/aromatic N) is 2. The average Bonchev–Trinajstić information content (AvgIpc) is 2.75. The molecule has 29 heavy (non-hydrogen) atoms. The van der Waals surface area contributed by atoms with Crippen molar-refractivity contribution in [2.24, 2.45) is 0 Å². The van der Waals surface area contributed by atoms with Crippen molar-refractivity contribution >= 4 is 11.6 Å². The van der Waals surface area contributed by atoms with E-state index in [0.29, 0.717) is 6.42 Å². The maximum absolute atomic E-state index is 12.7. The smallest absolute Gasteiger partial charge is 0.227 e. The highest BCUT2D eigenvalue weighted by molar-refractivity contribution is 5.79. The van der Waals surface area contributed by atoms with Crippen LogP contribution >= 0.6 is 0 Å². The minimum absolute atomic E-state index is 0.198. The highest BCUT2D eigenvalue weighted by atomic mass is 16.5. The molecule has 0 unspecified atom stereocenters. The average molecular weight is 386 g/mol. The lowest BCUT2D eigenvalue weighted by Gasteiger charge is -2.36. The van der Waals surface area contributed by atoms with E-state index in [1.807, 2.05) is 65.6 Å². The fourth-order valence-electron chi connectivity index (χ4n) is 3.73. The molecule has 1 aliphatic heterocycles. The lowest BCUT2D eigenvalue weighted by molar-refractivity contribution is -0.130. The monoisotopic (exact) mass is 386 g/mol. The molecule has 1 amide bonds. The number of rotatable bonds is 5. The van der Waals surface area contributed by atoms with Gasteiger partial charge in [-0.25, -0.2) is 0 Å².